The summed E-state index contributed by atoms with van der Waals surface area (Å²) in [6.07, 6.45) is 0. The summed E-state index contributed by atoms with van der Waals surface area (Å²) in [6, 6.07) is 0. The smallest absolute Gasteiger partial charge is 0.262 e. The molecule has 0 amide bonds. The van der Waals surface area contributed by atoms with Crippen LogP contribution in [-0.4, -0.2) is 49.1 Å². The van der Waals surface area contributed by atoms with Crippen LogP contribution in [0.5, 0.6) is 0 Å². The van der Waals surface area contributed by atoms with Gasteiger partial charge in [-0.3, -0.25) is 4.55 Å². The molecule has 0 aromatic carbocycles. The number of hydrogen-bond acceptors (Lipinski definition) is 4. The first-order valence-electron chi connectivity index (χ1n) is 1.85. The van der Waals surface area contributed by atoms with Crippen LogP contribution in [-0.2, 0) is 19.6 Å². The van der Waals surface area contributed by atoms with Crippen LogP contribution in [0.1, 0.15) is 6.92 Å². The van der Waals surface area contributed by atoms with Crippen molar-refractivity contribution in [1.82, 2.24) is 0 Å². The Kier molecular flexibility index (Phi) is 7.78. The van der Waals surface area contributed by atoms with Crippen molar-refractivity contribution in [3.8, 4) is 0 Å². The van der Waals surface area contributed by atoms with E-state index in [1.807, 2.05) is 0 Å². The Morgan fingerprint density at radius 2 is 2.00 bits per heavy atom. The summed E-state index contributed by atoms with van der Waals surface area (Å²) < 4.78 is 30.4. The van der Waals surface area contributed by atoms with Crippen LogP contribution in [0.3, 0.4) is 0 Å². The van der Waals surface area contributed by atoms with Crippen molar-refractivity contribution in [3.05, 3.63) is 0 Å². The molecule has 7 heteroatoms. The van der Waals surface area contributed by atoms with E-state index >= 15 is 0 Å². The Morgan fingerprint density at radius 1 is 1.56 bits per heavy atom. The second-order valence-corrected chi connectivity index (χ2v) is 1.89. The molecule has 0 saturated heterocycles. The average Bonchev–Trinajstić information content (AvgIpc) is 1.59. The molecule has 9 heavy (non-hydrogen) atoms. The number of hydrogen-bond donors (Lipinski definition) is 1. The summed E-state index contributed by atoms with van der Waals surface area (Å²) in [6.45, 7) is 1.59. The fraction of sp³-hybridized carbons (Fsp3) is 1.00. The van der Waals surface area contributed by atoms with Crippen LogP contribution in [0.15, 0.2) is 0 Å². The van der Waals surface area contributed by atoms with E-state index in [4.69, 9.17) is 4.55 Å². The third-order valence-corrected chi connectivity index (χ3v) is 0.520. The minimum Gasteiger partial charge on any atom is -0.262 e. The second-order valence-electron chi connectivity index (χ2n) is 0.902. The van der Waals surface area contributed by atoms with Crippen LogP contribution in [0.2, 0.25) is 0 Å². The third kappa shape index (κ3) is 12.1. The molecule has 0 unspecified atom stereocenters. The molecule has 0 saturated carbocycles. The van der Waals surface area contributed by atoms with Crippen molar-refractivity contribution in [2.45, 2.75) is 6.92 Å². The maximum atomic E-state index is 9.60. The van der Waals surface area contributed by atoms with Crippen LogP contribution in [0.25, 0.3) is 0 Å². The average molecular weight is 165 g/mol. The normalized spacial score (nSPS) is 10.4. The van der Waals surface area contributed by atoms with Crippen LogP contribution >= 0.6 is 0 Å². The summed E-state index contributed by atoms with van der Waals surface area (Å²) in [5.41, 5.74) is 0. The number of rotatable bonds is 3. The molecule has 0 bridgehead atoms. The van der Waals surface area contributed by atoms with Gasteiger partial charge in [0.15, 0.2) is 0 Å². The molecule has 0 heterocycles. The van der Waals surface area contributed by atoms with E-state index in [0.717, 1.165) is 0 Å². The minimum absolute atomic E-state index is 0. The van der Waals surface area contributed by atoms with Crippen molar-refractivity contribution in [2.75, 3.05) is 6.61 Å². The SMILES string of the molecule is CCOOS(=O)(=O)O.[Na]. The van der Waals surface area contributed by atoms with Crippen LogP contribution in [0.4, 0.5) is 0 Å². The molecule has 1 radical (unpaired) electrons. The van der Waals surface area contributed by atoms with Gasteiger partial charge in [0.1, 0.15) is 0 Å². The Morgan fingerprint density at radius 3 is 2.11 bits per heavy atom. The summed E-state index contributed by atoms with van der Waals surface area (Å²) in [5.74, 6) is 0. The summed E-state index contributed by atoms with van der Waals surface area (Å²) in [5, 5.41) is 0. The molecule has 1 N–H and O–H groups in total. The van der Waals surface area contributed by atoms with Crippen molar-refractivity contribution in [1.29, 1.82) is 0 Å². The summed E-state index contributed by atoms with van der Waals surface area (Å²) in [7, 11) is -4.41. The fourth-order valence-corrected chi connectivity index (χ4v) is 0.327. The van der Waals surface area contributed by atoms with Crippen LogP contribution in [0, 0.1) is 0 Å². The van der Waals surface area contributed by atoms with Crippen molar-refractivity contribution < 1.29 is 22.2 Å². The van der Waals surface area contributed by atoms with Crippen molar-refractivity contribution >= 4 is 40.0 Å². The monoisotopic (exact) mass is 165 g/mol. The van der Waals surface area contributed by atoms with E-state index in [0.29, 0.717) is 0 Å². The first kappa shape index (κ1) is 12.5. The van der Waals surface area contributed by atoms with Crippen LogP contribution < -0.4 is 0 Å². The topological polar surface area (TPSA) is 72.8 Å². The Bertz CT molecular complexity index is 139. The van der Waals surface area contributed by atoms with E-state index in [1.165, 1.54) is 6.92 Å². The molecule has 0 atom stereocenters. The van der Waals surface area contributed by atoms with E-state index in [9.17, 15) is 8.42 Å². The maximum Gasteiger partial charge on any atom is 0.424 e. The van der Waals surface area contributed by atoms with E-state index in [1.54, 1.807) is 0 Å². The molecule has 0 spiro atoms. The summed E-state index contributed by atoms with van der Waals surface area (Å²) >= 11 is 0. The third-order valence-electron chi connectivity index (χ3n) is 0.252. The van der Waals surface area contributed by atoms with Gasteiger partial charge in [-0.2, -0.15) is 8.42 Å². The van der Waals surface area contributed by atoms with Crippen molar-refractivity contribution in [3.63, 3.8) is 0 Å². The molecule has 0 aromatic heterocycles. The Balaban J connectivity index is 0. The van der Waals surface area contributed by atoms with Gasteiger partial charge in [0.25, 0.3) is 0 Å². The standard InChI is InChI=1S/C2H6O5S.Na/c1-2-6-7-8(3,4)5;/h2H2,1H3,(H,3,4,5);. The quantitative estimate of drug-likeness (QED) is 0.261. The molecule has 0 aliphatic carbocycles. The minimum atomic E-state index is -4.41. The molecular formula is C2H6NaO5S. The van der Waals surface area contributed by atoms with Gasteiger partial charge in [-0.15, -0.1) is 0 Å². The van der Waals surface area contributed by atoms with Gasteiger partial charge < -0.3 is 0 Å². The largest absolute Gasteiger partial charge is 0.424 e. The van der Waals surface area contributed by atoms with Gasteiger partial charge >= 0.3 is 10.4 Å². The van der Waals surface area contributed by atoms with E-state index in [2.05, 4.69) is 9.22 Å². The molecule has 0 rings (SSSR count). The molecular weight excluding hydrogens is 159 g/mol. The zero-order valence-electron chi connectivity index (χ0n) is 5.20. The van der Waals surface area contributed by atoms with Gasteiger partial charge in [-0.1, -0.05) is 4.33 Å². The van der Waals surface area contributed by atoms with Gasteiger partial charge in [0, 0.05) is 29.6 Å². The fourth-order valence-electron chi connectivity index (χ4n) is 0.109. The van der Waals surface area contributed by atoms with Gasteiger partial charge in [-0.05, 0) is 6.92 Å². The van der Waals surface area contributed by atoms with Crippen molar-refractivity contribution in [2.24, 2.45) is 0 Å². The maximum absolute atomic E-state index is 9.60. The predicted molar refractivity (Wildman–Crippen MR) is 30.0 cm³/mol. The second kappa shape index (κ2) is 5.60. The van der Waals surface area contributed by atoms with Gasteiger partial charge in [-0.25, -0.2) is 4.89 Å². The molecule has 0 aliphatic heterocycles. The summed E-state index contributed by atoms with van der Waals surface area (Å²) in [4.78, 5) is 3.86. The Hall–Kier alpha value is 0.830. The van der Waals surface area contributed by atoms with E-state index < -0.39 is 10.4 Å². The zero-order valence-corrected chi connectivity index (χ0v) is 8.01. The molecule has 5 nitrogen and oxygen atoms in total. The van der Waals surface area contributed by atoms with Gasteiger partial charge in [0.2, 0.25) is 0 Å². The molecule has 0 fully saturated rings. The predicted octanol–water partition coefficient (Wildman–Crippen LogP) is -0.623. The molecule has 0 aromatic rings. The van der Waals surface area contributed by atoms with E-state index in [-0.39, 0.29) is 36.2 Å². The first-order chi connectivity index (χ1) is 3.56. The Labute approximate surface area is 75.5 Å². The first-order valence-corrected chi connectivity index (χ1v) is 3.21. The zero-order chi connectivity index (χ0) is 6.62. The molecule has 0 aliphatic rings. The molecule has 51 valence electrons. The van der Waals surface area contributed by atoms with Gasteiger partial charge in [0.05, 0.1) is 6.61 Å².